The van der Waals surface area contributed by atoms with Gasteiger partial charge in [-0.25, -0.2) is 4.79 Å². The summed E-state index contributed by atoms with van der Waals surface area (Å²) in [4.78, 5) is 11.4. The summed E-state index contributed by atoms with van der Waals surface area (Å²) in [5.74, 6) is 0. The molecule has 0 aromatic rings. The van der Waals surface area contributed by atoms with Crippen LogP contribution in [0.25, 0.3) is 0 Å². The fraction of sp³-hybridized carbons (Fsp3) is 0.917. The van der Waals surface area contributed by atoms with Crippen molar-refractivity contribution >= 4 is 6.09 Å². The lowest BCUT2D eigenvalue weighted by Crippen LogP contribution is -2.51. The van der Waals surface area contributed by atoms with E-state index in [0.29, 0.717) is 6.54 Å². The molecule has 0 bridgehead atoms. The van der Waals surface area contributed by atoms with Gasteiger partial charge in [-0.3, -0.25) is 0 Å². The quantitative estimate of drug-likeness (QED) is 0.776. The predicted molar refractivity (Wildman–Crippen MR) is 64.2 cm³/mol. The smallest absolute Gasteiger partial charge is 0.407 e. The first-order valence-corrected chi connectivity index (χ1v) is 5.95. The van der Waals surface area contributed by atoms with E-state index in [2.05, 4.69) is 12.2 Å². The lowest BCUT2D eigenvalue weighted by molar-refractivity contribution is 0.0494. The molecule has 0 aromatic carbocycles. The Bertz CT molecular complexity index is 254. The van der Waals surface area contributed by atoms with Gasteiger partial charge in [0.25, 0.3) is 0 Å². The number of hydrogen-bond acceptors (Lipinski definition) is 3. The Balaban J connectivity index is 2.26. The van der Waals surface area contributed by atoms with Gasteiger partial charge in [0.05, 0.1) is 0 Å². The van der Waals surface area contributed by atoms with Crippen molar-refractivity contribution in [3.05, 3.63) is 0 Å². The molecule has 1 aliphatic rings. The van der Waals surface area contributed by atoms with Crippen molar-refractivity contribution in [2.24, 2.45) is 11.1 Å². The third kappa shape index (κ3) is 3.67. The molecule has 3 N–H and O–H groups in total. The van der Waals surface area contributed by atoms with E-state index in [9.17, 15) is 4.79 Å². The second kappa shape index (κ2) is 4.62. The molecule has 1 atom stereocenters. The highest BCUT2D eigenvalue weighted by Crippen LogP contribution is 2.42. The van der Waals surface area contributed by atoms with E-state index in [1.807, 2.05) is 20.8 Å². The monoisotopic (exact) mass is 228 g/mol. The van der Waals surface area contributed by atoms with Crippen LogP contribution in [-0.2, 0) is 4.74 Å². The molecule has 0 spiro atoms. The molecule has 1 amide bonds. The molecule has 1 fully saturated rings. The molecular formula is C12H24N2O2. The van der Waals surface area contributed by atoms with Crippen LogP contribution in [0.2, 0.25) is 0 Å². The molecule has 4 heteroatoms. The zero-order chi connectivity index (χ0) is 12.4. The highest BCUT2D eigenvalue weighted by molar-refractivity contribution is 5.67. The van der Waals surface area contributed by atoms with Crippen molar-refractivity contribution in [2.45, 2.75) is 58.6 Å². The maximum atomic E-state index is 11.4. The van der Waals surface area contributed by atoms with Gasteiger partial charge < -0.3 is 15.8 Å². The van der Waals surface area contributed by atoms with E-state index in [4.69, 9.17) is 10.5 Å². The number of ether oxygens (including phenoxy) is 1. The van der Waals surface area contributed by atoms with E-state index in [1.165, 1.54) is 6.42 Å². The van der Waals surface area contributed by atoms with Gasteiger partial charge in [0.15, 0.2) is 0 Å². The van der Waals surface area contributed by atoms with Gasteiger partial charge >= 0.3 is 6.09 Å². The summed E-state index contributed by atoms with van der Waals surface area (Å²) in [6.45, 7) is 8.21. The molecule has 16 heavy (non-hydrogen) atoms. The lowest BCUT2D eigenvalue weighted by atomic mass is 9.66. The molecule has 0 aliphatic heterocycles. The van der Waals surface area contributed by atoms with Crippen molar-refractivity contribution < 1.29 is 9.53 Å². The lowest BCUT2D eigenvalue weighted by Gasteiger charge is -2.43. The molecule has 1 aliphatic carbocycles. The third-order valence-corrected chi connectivity index (χ3v) is 3.26. The standard InChI is InChI=1S/C12H24N2O2/c1-11(2,3)16-10(15)14-8-9(13)12(4)6-5-7-12/h9H,5-8,13H2,1-4H3,(H,14,15)/t9-/m0/s1. The number of nitrogens with two attached hydrogens (primary N) is 1. The highest BCUT2D eigenvalue weighted by atomic mass is 16.6. The first-order valence-electron chi connectivity index (χ1n) is 5.95. The topological polar surface area (TPSA) is 64.3 Å². The van der Waals surface area contributed by atoms with Crippen LogP contribution >= 0.6 is 0 Å². The van der Waals surface area contributed by atoms with Gasteiger partial charge in [-0.05, 0) is 39.0 Å². The average Bonchev–Trinajstić information content (AvgIpc) is 2.07. The molecule has 0 aromatic heterocycles. The Kier molecular flexibility index (Phi) is 3.84. The van der Waals surface area contributed by atoms with Gasteiger partial charge in [-0.15, -0.1) is 0 Å². The van der Waals surface area contributed by atoms with Crippen LogP contribution in [0.5, 0.6) is 0 Å². The molecule has 0 saturated heterocycles. The van der Waals surface area contributed by atoms with E-state index in [1.54, 1.807) is 0 Å². The number of carbonyl (C=O) groups is 1. The van der Waals surface area contributed by atoms with Crippen molar-refractivity contribution in [3.8, 4) is 0 Å². The van der Waals surface area contributed by atoms with Gasteiger partial charge in [-0.2, -0.15) is 0 Å². The summed E-state index contributed by atoms with van der Waals surface area (Å²) >= 11 is 0. The molecule has 1 rings (SSSR count). The summed E-state index contributed by atoms with van der Waals surface area (Å²) in [7, 11) is 0. The summed E-state index contributed by atoms with van der Waals surface area (Å²) in [6.07, 6.45) is 3.18. The molecular weight excluding hydrogens is 204 g/mol. The molecule has 1 saturated carbocycles. The second-order valence-corrected chi connectivity index (χ2v) is 6.00. The zero-order valence-electron chi connectivity index (χ0n) is 10.8. The third-order valence-electron chi connectivity index (χ3n) is 3.26. The first kappa shape index (κ1) is 13.3. The van der Waals surface area contributed by atoms with Crippen LogP contribution in [0.1, 0.15) is 47.0 Å². The molecule has 0 unspecified atom stereocenters. The van der Waals surface area contributed by atoms with E-state index in [-0.39, 0.29) is 17.6 Å². The van der Waals surface area contributed by atoms with Crippen molar-refractivity contribution in [1.82, 2.24) is 5.32 Å². The summed E-state index contributed by atoms with van der Waals surface area (Å²) < 4.78 is 5.15. The number of nitrogens with one attached hydrogen (secondary N) is 1. The minimum atomic E-state index is -0.450. The van der Waals surface area contributed by atoms with Crippen molar-refractivity contribution in [3.63, 3.8) is 0 Å². The van der Waals surface area contributed by atoms with Gasteiger partial charge in [0.1, 0.15) is 5.60 Å². The minimum Gasteiger partial charge on any atom is -0.444 e. The Labute approximate surface area is 97.9 Å². The average molecular weight is 228 g/mol. The number of amides is 1. The van der Waals surface area contributed by atoms with Gasteiger partial charge in [0, 0.05) is 12.6 Å². The largest absolute Gasteiger partial charge is 0.444 e. The van der Waals surface area contributed by atoms with Crippen LogP contribution < -0.4 is 11.1 Å². The fourth-order valence-corrected chi connectivity index (χ4v) is 1.86. The summed E-state index contributed by atoms with van der Waals surface area (Å²) in [5, 5.41) is 2.73. The molecule has 94 valence electrons. The predicted octanol–water partition coefficient (Wildman–Crippen LogP) is 2.03. The fourth-order valence-electron chi connectivity index (χ4n) is 1.86. The van der Waals surface area contributed by atoms with Crippen molar-refractivity contribution in [2.75, 3.05) is 6.54 Å². The Morgan fingerprint density at radius 1 is 1.50 bits per heavy atom. The number of alkyl carbamates (subject to hydrolysis) is 1. The maximum Gasteiger partial charge on any atom is 0.407 e. The van der Waals surface area contributed by atoms with Gasteiger partial charge in [0.2, 0.25) is 0 Å². The number of rotatable bonds is 3. The van der Waals surface area contributed by atoms with E-state index < -0.39 is 5.60 Å². The van der Waals surface area contributed by atoms with Crippen LogP contribution in [0, 0.1) is 5.41 Å². The first-order chi connectivity index (χ1) is 7.23. The van der Waals surface area contributed by atoms with Gasteiger partial charge in [-0.1, -0.05) is 13.3 Å². The van der Waals surface area contributed by atoms with Crippen LogP contribution in [0.3, 0.4) is 0 Å². The summed E-state index contributed by atoms with van der Waals surface area (Å²) in [6, 6.07) is 0.0220. The second-order valence-electron chi connectivity index (χ2n) is 6.00. The number of carbonyl (C=O) groups excluding carboxylic acids is 1. The molecule has 0 radical (unpaired) electrons. The zero-order valence-corrected chi connectivity index (χ0v) is 10.8. The maximum absolute atomic E-state index is 11.4. The summed E-state index contributed by atoms with van der Waals surface area (Å²) in [5.41, 5.74) is 5.81. The van der Waals surface area contributed by atoms with Crippen molar-refractivity contribution in [1.29, 1.82) is 0 Å². The normalized spacial score (nSPS) is 20.8. The molecule has 4 nitrogen and oxygen atoms in total. The Morgan fingerprint density at radius 2 is 2.06 bits per heavy atom. The van der Waals surface area contributed by atoms with E-state index in [0.717, 1.165) is 12.8 Å². The number of hydrogen-bond donors (Lipinski definition) is 2. The Hall–Kier alpha value is -0.770. The molecule has 0 heterocycles. The van der Waals surface area contributed by atoms with Crippen LogP contribution in [0.15, 0.2) is 0 Å². The SMILES string of the molecule is CC(C)(C)OC(=O)NC[C@H](N)C1(C)CCC1. The minimum absolute atomic E-state index is 0.0220. The highest BCUT2D eigenvalue weighted by Gasteiger charge is 2.37. The van der Waals surface area contributed by atoms with Crippen LogP contribution in [-0.4, -0.2) is 24.3 Å². The van der Waals surface area contributed by atoms with E-state index >= 15 is 0 Å². The van der Waals surface area contributed by atoms with Crippen LogP contribution in [0.4, 0.5) is 4.79 Å². The Morgan fingerprint density at radius 3 is 2.44 bits per heavy atom.